The molecule has 0 amide bonds. The average Bonchev–Trinajstić information content (AvgIpc) is 2.14. The zero-order chi connectivity index (χ0) is 10.5. The molecule has 0 aromatic heterocycles. The van der Waals surface area contributed by atoms with E-state index in [1.54, 1.807) is 6.08 Å². The fourth-order valence-corrected chi connectivity index (χ4v) is 0.681. The van der Waals surface area contributed by atoms with Crippen molar-refractivity contribution in [2.24, 2.45) is 4.99 Å². The maximum atomic E-state index is 4.24. The summed E-state index contributed by atoms with van der Waals surface area (Å²) in [5.74, 6) is 0. The summed E-state index contributed by atoms with van der Waals surface area (Å²) in [4.78, 5) is 4.24. The van der Waals surface area contributed by atoms with Crippen LogP contribution in [0, 0.1) is 0 Å². The minimum atomic E-state index is 0.956. The molecule has 0 aliphatic rings. The first kappa shape index (κ1) is 14.7. The van der Waals surface area contributed by atoms with Crippen molar-refractivity contribution in [3.05, 3.63) is 24.3 Å². The molecule has 13 heavy (non-hydrogen) atoms. The van der Waals surface area contributed by atoms with Gasteiger partial charge in [-0.15, -0.1) is 6.58 Å². The summed E-state index contributed by atoms with van der Waals surface area (Å²) < 4.78 is 0. The molecule has 0 aromatic rings. The average molecular weight is 181 g/mol. The maximum Gasteiger partial charge on any atom is 0.0386 e. The van der Waals surface area contributed by atoms with E-state index < -0.39 is 0 Å². The van der Waals surface area contributed by atoms with E-state index in [-0.39, 0.29) is 0 Å². The van der Waals surface area contributed by atoms with Crippen LogP contribution < -0.4 is 0 Å². The summed E-state index contributed by atoms with van der Waals surface area (Å²) in [5.41, 5.74) is 1.33. The Balaban J connectivity index is 0. The number of hydrogen-bond donors (Lipinski definition) is 0. The minimum Gasteiger partial charge on any atom is -0.293 e. The highest BCUT2D eigenvalue weighted by Crippen LogP contribution is 1.95. The Morgan fingerprint density at radius 1 is 1.31 bits per heavy atom. The van der Waals surface area contributed by atoms with Crippen molar-refractivity contribution < 1.29 is 0 Å². The van der Waals surface area contributed by atoms with Crippen molar-refractivity contribution in [1.82, 2.24) is 0 Å². The van der Waals surface area contributed by atoms with Gasteiger partial charge in [-0.3, -0.25) is 4.99 Å². The van der Waals surface area contributed by atoms with Crippen molar-refractivity contribution >= 4 is 6.21 Å². The molecule has 0 N–H and O–H groups in total. The lowest BCUT2D eigenvalue weighted by Crippen LogP contribution is -1.83. The second-order valence-corrected chi connectivity index (χ2v) is 2.66. The third-order valence-corrected chi connectivity index (χ3v) is 1.39. The van der Waals surface area contributed by atoms with Gasteiger partial charge in [0.25, 0.3) is 0 Å². The van der Waals surface area contributed by atoms with Gasteiger partial charge in [0.1, 0.15) is 0 Å². The molecule has 0 rings (SSSR count). The van der Waals surface area contributed by atoms with Crippen LogP contribution >= 0.6 is 0 Å². The Bertz CT molecular complexity index is 155. The number of rotatable bonds is 4. The van der Waals surface area contributed by atoms with E-state index >= 15 is 0 Å². The van der Waals surface area contributed by atoms with Crippen molar-refractivity contribution in [3.8, 4) is 0 Å². The first-order valence-electron chi connectivity index (χ1n) is 4.98. The van der Waals surface area contributed by atoms with Crippen LogP contribution in [0.25, 0.3) is 0 Å². The molecule has 0 aliphatic heterocycles. The number of aliphatic imine (C=N–C) groups is 1. The largest absolute Gasteiger partial charge is 0.293 e. The van der Waals surface area contributed by atoms with Crippen LogP contribution in [-0.4, -0.2) is 12.8 Å². The quantitative estimate of drug-likeness (QED) is 0.459. The lowest BCUT2D eigenvalue weighted by molar-refractivity contribution is 0.935. The second kappa shape index (κ2) is 13.7. The maximum absolute atomic E-state index is 4.24. The number of nitrogens with zero attached hydrogens (tertiary/aromatic N) is 1. The summed E-state index contributed by atoms with van der Waals surface area (Å²) >= 11 is 0. The van der Waals surface area contributed by atoms with Crippen LogP contribution in [0.15, 0.2) is 29.3 Å². The molecule has 0 bridgehead atoms. The molecule has 0 saturated carbocycles. The van der Waals surface area contributed by atoms with Crippen LogP contribution in [0.1, 0.15) is 40.5 Å². The molecule has 0 spiro atoms. The molecule has 1 heteroatoms. The van der Waals surface area contributed by atoms with E-state index in [0.717, 1.165) is 19.4 Å². The van der Waals surface area contributed by atoms with Crippen LogP contribution in [0.3, 0.4) is 0 Å². The highest BCUT2D eigenvalue weighted by molar-refractivity contribution is 5.78. The van der Waals surface area contributed by atoms with Gasteiger partial charge in [0.15, 0.2) is 0 Å². The molecule has 0 heterocycles. The van der Waals surface area contributed by atoms with Crippen molar-refractivity contribution in [2.75, 3.05) is 6.54 Å². The summed E-state index contributed by atoms with van der Waals surface area (Å²) in [6, 6.07) is 0. The Morgan fingerprint density at radius 3 is 2.15 bits per heavy atom. The van der Waals surface area contributed by atoms with Crippen molar-refractivity contribution in [2.45, 2.75) is 40.5 Å². The second-order valence-electron chi connectivity index (χ2n) is 2.66. The normalized spacial score (nSPS) is 10.9. The smallest absolute Gasteiger partial charge is 0.0386 e. The highest BCUT2D eigenvalue weighted by Gasteiger charge is 1.83. The lowest BCUT2D eigenvalue weighted by atomic mass is 10.2. The molecule has 0 fully saturated rings. The highest BCUT2D eigenvalue weighted by atomic mass is 14.7. The molecule has 0 aromatic carbocycles. The standard InChI is InChI=1S/C9H17N.C3H6/c1-4-7-10-8-9(5-2)6-3;1-3-2/h5,8H,4,6-7H2,1-3H3;3H,1H2,2H3/b9-5-,10-8?;. The zero-order valence-electron chi connectivity index (χ0n) is 9.51. The molecule has 0 aliphatic carbocycles. The molecule has 0 saturated heterocycles. The fourth-order valence-electron chi connectivity index (χ4n) is 0.681. The number of hydrogen-bond acceptors (Lipinski definition) is 1. The molecule has 0 radical (unpaired) electrons. The van der Waals surface area contributed by atoms with Gasteiger partial charge >= 0.3 is 0 Å². The van der Waals surface area contributed by atoms with Gasteiger partial charge in [-0.05, 0) is 32.3 Å². The monoisotopic (exact) mass is 181 g/mol. The Morgan fingerprint density at radius 2 is 1.85 bits per heavy atom. The summed E-state index contributed by atoms with van der Waals surface area (Å²) in [5, 5.41) is 0. The van der Waals surface area contributed by atoms with Crippen LogP contribution in [0.2, 0.25) is 0 Å². The SMILES string of the molecule is C/C=C(\C=NCCC)CC.C=CC. The molecule has 1 nitrogen and oxygen atoms in total. The topological polar surface area (TPSA) is 12.4 Å². The van der Waals surface area contributed by atoms with Gasteiger partial charge in [-0.1, -0.05) is 26.0 Å². The molecule has 76 valence electrons. The fraction of sp³-hybridized carbons (Fsp3) is 0.583. The predicted octanol–water partition coefficient (Wildman–Crippen LogP) is 4.02. The minimum absolute atomic E-state index is 0.956. The van der Waals surface area contributed by atoms with Crippen LogP contribution in [-0.2, 0) is 0 Å². The van der Waals surface area contributed by atoms with E-state index in [4.69, 9.17) is 0 Å². The number of allylic oxidation sites excluding steroid dienone is 3. The predicted molar refractivity (Wildman–Crippen MR) is 63.6 cm³/mol. The third-order valence-electron chi connectivity index (χ3n) is 1.39. The Hall–Kier alpha value is -0.850. The van der Waals surface area contributed by atoms with Crippen molar-refractivity contribution in [3.63, 3.8) is 0 Å². The van der Waals surface area contributed by atoms with E-state index in [9.17, 15) is 0 Å². The van der Waals surface area contributed by atoms with E-state index in [1.165, 1.54) is 5.57 Å². The van der Waals surface area contributed by atoms with Gasteiger partial charge in [-0.25, -0.2) is 0 Å². The van der Waals surface area contributed by atoms with E-state index in [0.29, 0.717) is 0 Å². The zero-order valence-corrected chi connectivity index (χ0v) is 9.51. The molecule has 0 unspecified atom stereocenters. The summed E-state index contributed by atoms with van der Waals surface area (Å²) in [7, 11) is 0. The Kier molecular flexibility index (Phi) is 15.5. The summed E-state index contributed by atoms with van der Waals surface area (Å²) in [6.07, 6.45) is 8.06. The van der Waals surface area contributed by atoms with Gasteiger partial charge < -0.3 is 0 Å². The molecular formula is C12H23N. The van der Waals surface area contributed by atoms with E-state index in [2.05, 4.69) is 38.4 Å². The van der Waals surface area contributed by atoms with E-state index in [1.807, 2.05) is 13.1 Å². The Labute approximate surface area is 83.3 Å². The van der Waals surface area contributed by atoms with Gasteiger partial charge in [0.2, 0.25) is 0 Å². The molecular weight excluding hydrogens is 158 g/mol. The van der Waals surface area contributed by atoms with Crippen LogP contribution in [0.4, 0.5) is 0 Å². The van der Waals surface area contributed by atoms with Gasteiger partial charge in [0, 0.05) is 12.8 Å². The lowest BCUT2D eigenvalue weighted by Gasteiger charge is -1.92. The molecule has 0 atom stereocenters. The summed E-state index contributed by atoms with van der Waals surface area (Å²) in [6.45, 7) is 12.5. The first-order chi connectivity index (χ1) is 6.26. The first-order valence-corrected chi connectivity index (χ1v) is 4.98. The van der Waals surface area contributed by atoms with Crippen LogP contribution in [0.5, 0.6) is 0 Å². The third kappa shape index (κ3) is 14.1. The van der Waals surface area contributed by atoms with Crippen molar-refractivity contribution in [1.29, 1.82) is 0 Å². The van der Waals surface area contributed by atoms with Gasteiger partial charge in [0.05, 0.1) is 0 Å². The van der Waals surface area contributed by atoms with Gasteiger partial charge in [-0.2, -0.15) is 0 Å².